The van der Waals surface area contributed by atoms with E-state index >= 15 is 0 Å². The Kier molecular flexibility index (Phi) is 6.87. The van der Waals surface area contributed by atoms with E-state index in [0.717, 1.165) is 16.7 Å². The predicted octanol–water partition coefficient (Wildman–Crippen LogP) is 4.18. The Morgan fingerprint density at radius 3 is 2.34 bits per heavy atom. The van der Waals surface area contributed by atoms with Crippen molar-refractivity contribution < 1.29 is 23.9 Å². The highest BCUT2D eigenvalue weighted by Crippen LogP contribution is 2.32. The zero-order chi connectivity index (χ0) is 23.5. The molecule has 7 heteroatoms. The number of fused-ring (bicyclic) bond motifs is 1. The standard InChI is InChI=1S/C25H30N2O5/c1-16(17-10-12-19(13-11-17)23(29)31-5)26-22(28)21-20-9-7-6-8-18(20)14-15-27(21)24(30)32-25(2,3)4/h6-13,16,21H,14-15H2,1-5H3,(H,26,28)/t16-,21?/m0/s1. The van der Waals surface area contributed by atoms with Crippen molar-refractivity contribution in [1.29, 1.82) is 0 Å². The van der Waals surface area contributed by atoms with E-state index in [-0.39, 0.29) is 11.9 Å². The van der Waals surface area contributed by atoms with E-state index in [2.05, 4.69) is 5.32 Å². The van der Waals surface area contributed by atoms with Crippen LogP contribution < -0.4 is 5.32 Å². The van der Waals surface area contributed by atoms with Gasteiger partial charge in [0.05, 0.1) is 18.7 Å². The van der Waals surface area contributed by atoms with E-state index in [1.54, 1.807) is 45.0 Å². The van der Waals surface area contributed by atoms with Gasteiger partial charge >= 0.3 is 12.1 Å². The van der Waals surface area contributed by atoms with Gasteiger partial charge in [-0.2, -0.15) is 0 Å². The van der Waals surface area contributed by atoms with Gasteiger partial charge in [0.25, 0.3) is 0 Å². The lowest BCUT2D eigenvalue weighted by Crippen LogP contribution is -2.49. The second-order valence-corrected chi connectivity index (χ2v) is 8.87. The van der Waals surface area contributed by atoms with Crippen LogP contribution in [0.25, 0.3) is 0 Å². The number of methoxy groups -OCH3 is 1. The van der Waals surface area contributed by atoms with Crippen LogP contribution in [-0.4, -0.2) is 42.1 Å². The second kappa shape index (κ2) is 9.42. The van der Waals surface area contributed by atoms with Crippen LogP contribution in [-0.2, 0) is 20.7 Å². The molecule has 3 rings (SSSR count). The number of benzene rings is 2. The van der Waals surface area contributed by atoms with Crippen LogP contribution in [0.3, 0.4) is 0 Å². The molecule has 0 spiro atoms. The summed E-state index contributed by atoms with van der Waals surface area (Å²) in [7, 11) is 1.33. The summed E-state index contributed by atoms with van der Waals surface area (Å²) in [5, 5.41) is 3.01. The molecule has 2 aromatic rings. The highest BCUT2D eigenvalue weighted by Gasteiger charge is 2.38. The minimum absolute atomic E-state index is 0.285. The van der Waals surface area contributed by atoms with Crippen molar-refractivity contribution in [3.8, 4) is 0 Å². The Hall–Kier alpha value is -3.35. The second-order valence-electron chi connectivity index (χ2n) is 8.87. The first kappa shape index (κ1) is 23.3. The fourth-order valence-corrected chi connectivity index (χ4v) is 3.77. The van der Waals surface area contributed by atoms with E-state index in [0.29, 0.717) is 18.5 Å². The summed E-state index contributed by atoms with van der Waals surface area (Å²) in [6, 6.07) is 13.4. The quantitative estimate of drug-likeness (QED) is 0.724. The molecule has 1 N–H and O–H groups in total. The highest BCUT2D eigenvalue weighted by atomic mass is 16.6. The Morgan fingerprint density at radius 2 is 1.72 bits per heavy atom. The average molecular weight is 439 g/mol. The number of carbonyl (C=O) groups is 3. The number of amides is 2. The van der Waals surface area contributed by atoms with Gasteiger partial charge in [-0.25, -0.2) is 9.59 Å². The summed E-state index contributed by atoms with van der Waals surface area (Å²) in [5.74, 6) is -0.701. The first-order chi connectivity index (χ1) is 15.1. The molecule has 1 unspecified atom stereocenters. The summed E-state index contributed by atoms with van der Waals surface area (Å²) < 4.78 is 10.3. The SMILES string of the molecule is COC(=O)c1ccc([C@H](C)NC(=O)C2c3ccccc3CCN2C(=O)OC(C)(C)C)cc1. The summed E-state index contributed by atoms with van der Waals surface area (Å²) in [6.07, 6.45) is 0.145. The Bertz CT molecular complexity index is 994. The molecule has 2 aromatic carbocycles. The van der Waals surface area contributed by atoms with Crippen molar-refractivity contribution in [3.05, 3.63) is 70.8 Å². The van der Waals surface area contributed by atoms with Crippen LogP contribution in [0.2, 0.25) is 0 Å². The Morgan fingerprint density at radius 1 is 1.06 bits per heavy atom. The van der Waals surface area contributed by atoms with E-state index in [9.17, 15) is 14.4 Å². The van der Waals surface area contributed by atoms with E-state index in [4.69, 9.17) is 9.47 Å². The first-order valence-corrected chi connectivity index (χ1v) is 10.7. The molecule has 0 fully saturated rings. The zero-order valence-corrected chi connectivity index (χ0v) is 19.2. The van der Waals surface area contributed by atoms with Crippen molar-refractivity contribution in [3.63, 3.8) is 0 Å². The van der Waals surface area contributed by atoms with Gasteiger partial charge in [-0.1, -0.05) is 36.4 Å². The summed E-state index contributed by atoms with van der Waals surface area (Å²) in [4.78, 5) is 39.5. The Balaban J connectivity index is 1.83. The fourth-order valence-electron chi connectivity index (χ4n) is 3.77. The third kappa shape index (κ3) is 5.28. The third-order valence-corrected chi connectivity index (χ3v) is 5.35. The third-order valence-electron chi connectivity index (χ3n) is 5.35. The van der Waals surface area contributed by atoms with Crippen molar-refractivity contribution in [1.82, 2.24) is 10.2 Å². The van der Waals surface area contributed by atoms with Crippen LogP contribution in [0.15, 0.2) is 48.5 Å². The molecule has 0 aromatic heterocycles. The van der Waals surface area contributed by atoms with Gasteiger partial charge in [0.15, 0.2) is 0 Å². The van der Waals surface area contributed by atoms with Crippen LogP contribution in [0.1, 0.15) is 66.8 Å². The molecule has 0 radical (unpaired) electrons. The lowest BCUT2D eigenvalue weighted by Gasteiger charge is -2.37. The van der Waals surface area contributed by atoms with Gasteiger partial charge in [0.2, 0.25) is 5.91 Å². The average Bonchev–Trinajstić information content (AvgIpc) is 2.76. The summed E-state index contributed by atoms with van der Waals surface area (Å²) >= 11 is 0. The number of ether oxygens (including phenoxy) is 2. The molecule has 0 saturated carbocycles. The molecular weight excluding hydrogens is 408 g/mol. The minimum Gasteiger partial charge on any atom is -0.465 e. The van der Waals surface area contributed by atoms with Gasteiger partial charge in [-0.3, -0.25) is 9.69 Å². The molecule has 0 aliphatic carbocycles. The maximum absolute atomic E-state index is 13.4. The van der Waals surface area contributed by atoms with Gasteiger partial charge in [0.1, 0.15) is 11.6 Å². The fraction of sp³-hybridized carbons (Fsp3) is 0.400. The number of hydrogen-bond donors (Lipinski definition) is 1. The number of hydrogen-bond acceptors (Lipinski definition) is 5. The largest absolute Gasteiger partial charge is 0.465 e. The van der Waals surface area contributed by atoms with Crippen molar-refractivity contribution in [2.75, 3.05) is 13.7 Å². The van der Waals surface area contributed by atoms with Crippen molar-refractivity contribution in [2.45, 2.75) is 51.8 Å². The molecule has 1 heterocycles. The maximum Gasteiger partial charge on any atom is 0.411 e. The van der Waals surface area contributed by atoms with Crippen LogP contribution in [0.4, 0.5) is 4.79 Å². The highest BCUT2D eigenvalue weighted by molar-refractivity contribution is 5.89. The molecule has 1 aliphatic rings. The van der Waals surface area contributed by atoms with Gasteiger partial charge in [0, 0.05) is 6.54 Å². The van der Waals surface area contributed by atoms with E-state index in [1.807, 2.05) is 31.2 Å². The normalized spacial score (nSPS) is 16.5. The molecule has 0 saturated heterocycles. The molecule has 1 aliphatic heterocycles. The monoisotopic (exact) mass is 438 g/mol. The molecule has 170 valence electrons. The Labute approximate surface area is 188 Å². The van der Waals surface area contributed by atoms with Crippen molar-refractivity contribution >= 4 is 18.0 Å². The van der Waals surface area contributed by atoms with Crippen molar-refractivity contribution in [2.24, 2.45) is 0 Å². The maximum atomic E-state index is 13.4. The number of nitrogens with zero attached hydrogens (tertiary/aromatic N) is 1. The van der Waals surface area contributed by atoms with E-state index in [1.165, 1.54) is 12.0 Å². The topological polar surface area (TPSA) is 84.9 Å². The predicted molar refractivity (Wildman–Crippen MR) is 120 cm³/mol. The first-order valence-electron chi connectivity index (χ1n) is 10.7. The molecule has 7 nitrogen and oxygen atoms in total. The van der Waals surface area contributed by atoms with Crippen LogP contribution in [0.5, 0.6) is 0 Å². The molecule has 2 atom stereocenters. The molecular formula is C25H30N2O5. The van der Waals surface area contributed by atoms with Crippen LogP contribution >= 0.6 is 0 Å². The van der Waals surface area contributed by atoms with Gasteiger partial charge in [-0.05, 0) is 62.9 Å². The number of carbonyl (C=O) groups excluding carboxylic acids is 3. The smallest absolute Gasteiger partial charge is 0.411 e. The van der Waals surface area contributed by atoms with E-state index < -0.39 is 23.7 Å². The summed E-state index contributed by atoms with van der Waals surface area (Å²) in [6.45, 7) is 7.66. The van der Waals surface area contributed by atoms with Gasteiger partial charge < -0.3 is 14.8 Å². The zero-order valence-electron chi connectivity index (χ0n) is 19.2. The minimum atomic E-state index is -0.786. The summed E-state index contributed by atoms with van der Waals surface area (Å²) in [5.41, 5.74) is 2.45. The number of nitrogens with one attached hydrogen (secondary N) is 1. The molecule has 2 amide bonds. The molecule has 32 heavy (non-hydrogen) atoms. The lowest BCUT2D eigenvalue weighted by molar-refractivity contribution is -0.127. The molecule has 0 bridgehead atoms. The van der Waals surface area contributed by atoms with Crippen LogP contribution in [0, 0.1) is 0 Å². The lowest BCUT2D eigenvalue weighted by atomic mass is 9.92. The van der Waals surface area contributed by atoms with Gasteiger partial charge in [-0.15, -0.1) is 0 Å². The number of esters is 1. The number of rotatable bonds is 4.